The Hall–Kier alpha value is -2.29. The summed E-state index contributed by atoms with van der Waals surface area (Å²) in [4.78, 5) is 12.4. The van der Waals surface area contributed by atoms with E-state index in [0.717, 1.165) is 5.56 Å². The van der Waals surface area contributed by atoms with Gasteiger partial charge in [0.2, 0.25) is 10.0 Å². The molecule has 0 spiro atoms. The van der Waals surface area contributed by atoms with E-state index in [1.54, 1.807) is 13.0 Å². The normalized spacial score (nSPS) is 15.6. The highest BCUT2D eigenvalue weighted by Crippen LogP contribution is 2.20. The average molecular weight is 378 g/mol. The van der Waals surface area contributed by atoms with Gasteiger partial charge in [-0.05, 0) is 42.8 Å². The number of sulfonamides is 1. The Morgan fingerprint density at radius 1 is 1.15 bits per heavy atom. The maximum Gasteiger partial charge on any atom is 0.255 e. The first-order chi connectivity index (χ1) is 12.4. The first kappa shape index (κ1) is 18.5. The van der Waals surface area contributed by atoms with Crippen molar-refractivity contribution in [1.82, 2.24) is 4.31 Å². The number of hydrogen-bond acceptors (Lipinski definition) is 4. The summed E-state index contributed by atoms with van der Waals surface area (Å²) >= 11 is 0. The van der Waals surface area contributed by atoms with E-state index in [0.29, 0.717) is 13.2 Å². The van der Waals surface area contributed by atoms with Crippen LogP contribution in [0, 0.1) is 12.7 Å². The second-order valence-electron chi connectivity index (χ2n) is 5.98. The maximum absolute atomic E-state index is 13.9. The van der Waals surface area contributed by atoms with Crippen molar-refractivity contribution in [3.8, 4) is 0 Å². The molecule has 1 fully saturated rings. The third-order valence-electron chi connectivity index (χ3n) is 4.08. The van der Waals surface area contributed by atoms with Crippen molar-refractivity contribution in [2.75, 3.05) is 31.6 Å². The topological polar surface area (TPSA) is 75.7 Å². The number of amides is 1. The van der Waals surface area contributed by atoms with Crippen molar-refractivity contribution in [1.29, 1.82) is 0 Å². The summed E-state index contributed by atoms with van der Waals surface area (Å²) in [5, 5.41) is 2.47. The number of morpholine rings is 1. The first-order valence-electron chi connectivity index (χ1n) is 8.13. The van der Waals surface area contributed by atoms with Crippen LogP contribution in [0.25, 0.3) is 0 Å². The lowest BCUT2D eigenvalue weighted by Gasteiger charge is -2.26. The number of anilines is 1. The van der Waals surface area contributed by atoms with Gasteiger partial charge in [-0.15, -0.1) is 0 Å². The summed E-state index contributed by atoms with van der Waals surface area (Å²) in [6, 6.07) is 10.2. The van der Waals surface area contributed by atoms with Crippen LogP contribution in [0.5, 0.6) is 0 Å². The Morgan fingerprint density at radius 3 is 2.58 bits per heavy atom. The summed E-state index contributed by atoms with van der Waals surface area (Å²) in [5.74, 6) is -1.12. The Balaban J connectivity index is 1.83. The van der Waals surface area contributed by atoms with Crippen LogP contribution in [0.1, 0.15) is 15.9 Å². The van der Waals surface area contributed by atoms with Gasteiger partial charge in [0.05, 0.1) is 23.8 Å². The summed E-state index contributed by atoms with van der Waals surface area (Å²) in [6.07, 6.45) is 0. The summed E-state index contributed by atoms with van der Waals surface area (Å²) < 4.78 is 45.8. The zero-order valence-corrected chi connectivity index (χ0v) is 15.1. The highest BCUT2D eigenvalue weighted by molar-refractivity contribution is 7.89. The van der Waals surface area contributed by atoms with E-state index >= 15 is 0 Å². The van der Waals surface area contributed by atoms with Gasteiger partial charge in [0.25, 0.3) is 5.91 Å². The number of rotatable bonds is 4. The molecule has 1 aliphatic rings. The smallest absolute Gasteiger partial charge is 0.255 e. The minimum atomic E-state index is -3.71. The van der Waals surface area contributed by atoms with E-state index in [4.69, 9.17) is 4.74 Å². The van der Waals surface area contributed by atoms with Crippen LogP contribution in [0.4, 0.5) is 10.1 Å². The van der Waals surface area contributed by atoms with E-state index < -0.39 is 21.7 Å². The molecule has 1 amide bonds. The van der Waals surface area contributed by atoms with Gasteiger partial charge in [0.15, 0.2) is 0 Å². The molecule has 2 aromatic rings. The summed E-state index contributed by atoms with van der Waals surface area (Å²) in [6.45, 7) is 2.97. The molecule has 0 bridgehead atoms. The van der Waals surface area contributed by atoms with Crippen LogP contribution in [-0.2, 0) is 14.8 Å². The molecule has 0 aromatic heterocycles. The van der Waals surface area contributed by atoms with Gasteiger partial charge in [0, 0.05) is 18.7 Å². The van der Waals surface area contributed by atoms with Crippen molar-refractivity contribution in [3.63, 3.8) is 0 Å². The molecular formula is C18H19FN2O4S. The number of nitrogens with one attached hydrogen (secondary N) is 1. The van der Waals surface area contributed by atoms with Crippen LogP contribution < -0.4 is 5.32 Å². The number of hydrogen-bond donors (Lipinski definition) is 1. The van der Waals surface area contributed by atoms with E-state index in [9.17, 15) is 17.6 Å². The Bertz CT molecular complexity index is 925. The van der Waals surface area contributed by atoms with E-state index in [1.807, 2.05) is 0 Å². The lowest BCUT2D eigenvalue weighted by Crippen LogP contribution is -2.40. The van der Waals surface area contributed by atoms with Gasteiger partial charge in [-0.1, -0.05) is 12.1 Å². The number of halogens is 1. The first-order valence-corrected chi connectivity index (χ1v) is 9.57. The molecule has 0 unspecified atom stereocenters. The lowest BCUT2D eigenvalue weighted by molar-refractivity contribution is 0.0730. The minimum Gasteiger partial charge on any atom is -0.379 e. The average Bonchev–Trinajstić information content (AvgIpc) is 2.65. The van der Waals surface area contributed by atoms with Crippen LogP contribution in [0.2, 0.25) is 0 Å². The zero-order valence-electron chi connectivity index (χ0n) is 14.2. The van der Waals surface area contributed by atoms with Crippen molar-refractivity contribution >= 4 is 21.6 Å². The highest BCUT2D eigenvalue weighted by Gasteiger charge is 2.26. The van der Waals surface area contributed by atoms with Crippen LogP contribution >= 0.6 is 0 Å². The largest absolute Gasteiger partial charge is 0.379 e. The fourth-order valence-electron chi connectivity index (χ4n) is 2.65. The molecule has 26 heavy (non-hydrogen) atoms. The molecule has 0 aliphatic carbocycles. The molecule has 1 N–H and O–H groups in total. The number of carbonyl (C=O) groups is 1. The maximum atomic E-state index is 13.9. The van der Waals surface area contributed by atoms with E-state index in [1.165, 1.54) is 40.7 Å². The summed E-state index contributed by atoms with van der Waals surface area (Å²) in [5.41, 5.74) is 0.917. The Morgan fingerprint density at radius 2 is 1.88 bits per heavy atom. The third-order valence-corrected chi connectivity index (χ3v) is 5.97. The molecule has 0 atom stereocenters. The molecule has 8 heteroatoms. The Labute approximate surface area is 151 Å². The SMILES string of the molecule is Cc1ccc(NC(=O)c2cccc(S(=O)(=O)N3CCOCC3)c2)c(F)c1. The minimum absolute atomic E-state index is 0.0245. The van der Waals surface area contributed by atoms with E-state index in [-0.39, 0.29) is 29.2 Å². The van der Waals surface area contributed by atoms with Gasteiger partial charge >= 0.3 is 0 Å². The zero-order chi connectivity index (χ0) is 18.7. The molecule has 6 nitrogen and oxygen atoms in total. The monoisotopic (exact) mass is 378 g/mol. The number of aryl methyl sites for hydroxylation is 1. The van der Waals surface area contributed by atoms with Gasteiger partial charge in [-0.3, -0.25) is 4.79 Å². The fourth-order valence-corrected chi connectivity index (χ4v) is 4.10. The molecular weight excluding hydrogens is 359 g/mol. The predicted octanol–water partition coefficient (Wildman–Crippen LogP) is 2.41. The fraction of sp³-hybridized carbons (Fsp3) is 0.278. The highest BCUT2D eigenvalue weighted by atomic mass is 32.2. The number of carbonyl (C=O) groups excluding carboxylic acids is 1. The molecule has 0 saturated carbocycles. The van der Waals surface area contributed by atoms with Gasteiger partial charge in [-0.2, -0.15) is 4.31 Å². The summed E-state index contributed by atoms with van der Waals surface area (Å²) in [7, 11) is -3.71. The van der Waals surface area contributed by atoms with Gasteiger partial charge in [-0.25, -0.2) is 12.8 Å². The van der Waals surface area contributed by atoms with Crippen molar-refractivity contribution in [3.05, 3.63) is 59.4 Å². The third kappa shape index (κ3) is 3.92. The lowest BCUT2D eigenvalue weighted by atomic mass is 10.2. The quantitative estimate of drug-likeness (QED) is 0.887. The van der Waals surface area contributed by atoms with Crippen molar-refractivity contribution < 1.29 is 22.3 Å². The standard InChI is InChI=1S/C18H19FN2O4S/c1-13-5-6-17(16(19)11-13)20-18(22)14-3-2-4-15(12-14)26(23,24)21-7-9-25-10-8-21/h2-6,11-12H,7-10H2,1H3,(H,20,22). The van der Waals surface area contributed by atoms with Crippen LogP contribution in [0.15, 0.2) is 47.4 Å². The van der Waals surface area contributed by atoms with Crippen molar-refractivity contribution in [2.24, 2.45) is 0 Å². The predicted molar refractivity (Wildman–Crippen MR) is 95.1 cm³/mol. The van der Waals surface area contributed by atoms with Gasteiger partial charge in [0.1, 0.15) is 5.82 Å². The molecule has 1 saturated heterocycles. The number of nitrogens with zero attached hydrogens (tertiary/aromatic N) is 1. The van der Waals surface area contributed by atoms with Crippen LogP contribution in [-0.4, -0.2) is 44.9 Å². The second kappa shape index (κ2) is 7.53. The van der Waals surface area contributed by atoms with Crippen molar-refractivity contribution in [2.45, 2.75) is 11.8 Å². The van der Waals surface area contributed by atoms with E-state index in [2.05, 4.69) is 5.32 Å². The molecule has 2 aromatic carbocycles. The number of benzene rings is 2. The molecule has 1 aliphatic heterocycles. The molecule has 3 rings (SSSR count). The van der Waals surface area contributed by atoms with Crippen LogP contribution in [0.3, 0.4) is 0 Å². The Kier molecular flexibility index (Phi) is 5.36. The van der Waals surface area contributed by atoms with Gasteiger partial charge < -0.3 is 10.1 Å². The number of ether oxygens (including phenoxy) is 1. The molecule has 1 heterocycles. The second-order valence-corrected chi connectivity index (χ2v) is 7.92. The molecule has 0 radical (unpaired) electrons. The molecule has 138 valence electrons.